The summed E-state index contributed by atoms with van der Waals surface area (Å²) in [7, 11) is 1.62. The van der Waals surface area contributed by atoms with Crippen LogP contribution in [0.4, 0.5) is 0 Å². The van der Waals surface area contributed by atoms with Crippen molar-refractivity contribution in [2.24, 2.45) is 0 Å². The smallest absolute Gasteiger partial charge is 0.305 e. The molecule has 1 rings (SSSR count). The van der Waals surface area contributed by atoms with Crippen molar-refractivity contribution in [3.63, 3.8) is 0 Å². The summed E-state index contributed by atoms with van der Waals surface area (Å²) in [4.78, 5) is 25.2. The van der Waals surface area contributed by atoms with Crippen molar-refractivity contribution in [1.82, 2.24) is 4.90 Å². The standard InChI is InChI=1S/C15H21NO4S/c1-3-16(10-8-15(18)19)14(17)9-11-21-13-6-4-12(20-2)5-7-13/h4-7H,3,8-11H2,1-2H3,(H,18,19). The third-order valence-corrected chi connectivity index (χ3v) is 3.99. The highest BCUT2D eigenvalue weighted by atomic mass is 32.2. The number of benzene rings is 1. The molecule has 1 N–H and O–H groups in total. The predicted octanol–water partition coefficient (Wildman–Crippen LogP) is 2.50. The molecule has 0 atom stereocenters. The minimum absolute atomic E-state index is 0.000221. The number of nitrogens with zero attached hydrogens (tertiary/aromatic N) is 1. The quantitative estimate of drug-likeness (QED) is 0.710. The van der Waals surface area contributed by atoms with E-state index in [-0.39, 0.29) is 18.9 Å². The fourth-order valence-electron chi connectivity index (χ4n) is 1.78. The van der Waals surface area contributed by atoms with Crippen molar-refractivity contribution in [2.45, 2.75) is 24.7 Å². The number of carbonyl (C=O) groups is 2. The van der Waals surface area contributed by atoms with E-state index in [4.69, 9.17) is 9.84 Å². The van der Waals surface area contributed by atoms with Gasteiger partial charge in [-0.3, -0.25) is 9.59 Å². The molecule has 0 radical (unpaired) electrons. The van der Waals surface area contributed by atoms with Crippen molar-refractivity contribution in [3.05, 3.63) is 24.3 Å². The lowest BCUT2D eigenvalue weighted by atomic mass is 10.3. The third-order valence-electron chi connectivity index (χ3n) is 2.97. The molecule has 0 aliphatic heterocycles. The van der Waals surface area contributed by atoms with Crippen molar-refractivity contribution in [1.29, 1.82) is 0 Å². The van der Waals surface area contributed by atoms with Gasteiger partial charge >= 0.3 is 5.97 Å². The number of amides is 1. The first-order chi connectivity index (χ1) is 10.1. The van der Waals surface area contributed by atoms with E-state index in [2.05, 4.69) is 0 Å². The van der Waals surface area contributed by atoms with Gasteiger partial charge in [0.15, 0.2) is 0 Å². The lowest BCUT2D eigenvalue weighted by molar-refractivity contribution is -0.138. The molecule has 0 aliphatic rings. The van der Waals surface area contributed by atoms with Gasteiger partial charge in [0.25, 0.3) is 0 Å². The normalized spacial score (nSPS) is 10.2. The summed E-state index contributed by atoms with van der Waals surface area (Å²) in [6.07, 6.45) is 0.398. The van der Waals surface area contributed by atoms with Gasteiger partial charge in [-0.25, -0.2) is 0 Å². The second kappa shape index (κ2) is 9.28. The summed E-state index contributed by atoms with van der Waals surface area (Å²) >= 11 is 1.60. The molecule has 116 valence electrons. The molecular weight excluding hydrogens is 290 g/mol. The first-order valence-corrected chi connectivity index (χ1v) is 7.81. The molecular formula is C15H21NO4S. The Morgan fingerprint density at radius 3 is 2.43 bits per heavy atom. The Kier molecular flexibility index (Phi) is 7.68. The molecule has 0 saturated heterocycles. The highest BCUT2D eigenvalue weighted by molar-refractivity contribution is 7.99. The highest BCUT2D eigenvalue weighted by Gasteiger charge is 2.12. The summed E-state index contributed by atoms with van der Waals surface area (Å²) in [5.41, 5.74) is 0. The number of ether oxygens (including phenoxy) is 1. The maximum atomic E-state index is 12.0. The minimum atomic E-state index is -0.881. The first-order valence-electron chi connectivity index (χ1n) is 6.83. The Balaban J connectivity index is 2.35. The second-order valence-corrected chi connectivity index (χ2v) is 5.56. The molecule has 21 heavy (non-hydrogen) atoms. The maximum absolute atomic E-state index is 12.0. The van der Waals surface area contributed by atoms with Gasteiger partial charge in [0.1, 0.15) is 5.75 Å². The maximum Gasteiger partial charge on any atom is 0.305 e. The van der Waals surface area contributed by atoms with Crippen LogP contribution < -0.4 is 4.74 Å². The van der Waals surface area contributed by atoms with E-state index in [1.165, 1.54) is 0 Å². The number of hydrogen-bond donors (Lipinski definition) is 1. The van der Waals surface area contributed by atoms with Gasteiger partial charge in [-0.15, -0.1) is 11.8 Å². The van der Waals surface area contributed by atoms with Crippen LogP contribution in [0, 0.1) is 0 Å². The minimum Gasteiger partial charge on any atom is -0.497 e. The first kappa shape index (κ1) is 17.4. The average Bonchev–Trinajstić information content (AvgIpc) is 2.48. The number of methoxy groups -OCH3 is 1. The molecule has 0 fully saturated rings. The number of carboxylic acid groups (broad SMARTS) is 1. The zero-order chi connectivity index (χ0) is 15.7. The molecule has 1 amide bonds. The van der Waals surface area contributed by atoms with Gasteiger partial charge < -0.3 is 14.7 Å². The number of aliphatic carboxylic acids is 1. The number of hydrogen-bond acceptors (Lipinski definition) is 4. The van der Waals surface area contributed by atoms with E-state index in [9.17, 15) is 9.59 Å². The lowest BCUT2D eigenvalue weighted by Gasteiger charge is -2.19. The summed E-state index contributed by atoms with van der Waals surface area (Å²) in [6, 6.07) is 7.68. The van der Waals surface area contributed by atoms with Gasteiger partial charge in [-0.05, 0) is 31.2 Å². The summed E-state index contributed by atoms with van der Waals surface area (Å²) in [5, 5.41) is 8.65. The van der Waals surface area contributed by atoms with Crippen LogP contribution in [-0.4, -0.2) is 47.8 Å². The Hall–Kier alpha value is -1.69. The van der Waals surface area contributed by atoms with E-state index in [1.54, 1.807) is 23.8 Å². The van der Waals surface area contributed by atoms with Crippen LogP contribution >= 0.6 is 11.8 Å². The third kappa shape index (κ3) is 6.53. The van der Waals surface area contributed by atoms with Crippen LogP contribution in [-0.2, 0) is 9.59 Å². The SMILES string of the molecule is CCN(CCC(=O)O)C(=O)CCSc1ccc(OC)cc1. The number of thioether (sulfide) groups is 1. The molecule has 1 aromatic rings. The molecule has 0 saturated carbocycles. The van der Waals surface area contributed by atoms with Gasteiger partial charge in [0.05, 0.1) is 13.5 Å². The molecule has 5 nitrogen and oxygen atoms in total. The zero-order valence-electron chi connectivity index (χ0n) is 12.4. The molecule has 0 aliphatic carbocycles. The van der Waals surface area contributed by atoms with E-state index < -0.39 is 5.97 Å². The van der Waals surface area contributed by atoms with Gasteiger partial charge in [-0.1, -0.05) is 0 Å². The van der Waals surface area contributed by atoms with Crippen LogP contribution in [0.15, 0.2) is 29.2 Å². The second-order valence-electron chi connectivity index (χ2n) is 4.39. The van der Waals surface area contributed by atoms with Crippen molar-refractivity contribution in [3.8, 4) is 5.75 Å². The van der Waals surface area contributed by atoms with Crippen LogP contribution in [0.5, 0.6) is 5.75 Å². The lowest BCUT2D eigenvalue weighted by Crippen LogP contribution is -2.33. The predicted molar refractivity (Wildman–Crippen MR) is 82.8 cm³/mol. The van der Waals surface area contributed by atoms with Gasteiger partial charge in [0, 0.05) is 30.2 Å². The summed E-state index contributed by atoms with van der Waals surface area (Å²) in [6.45, 7) is 2.67. The van der Waals surface area contributed by atoms with E-state index >= 15 is 0 Å². The monoisotopic (exact) mass is 311 g/mol. The number of carboxylic acids is 1. The summed E-state index contributed by atoms with van der Waals surface area (Å²) in [5.74, 6) is 0.601. The molecule has 0 aromatic heterocycles. The van der Waals surface area contributed by atoms with Crippen molar-refractivity contribution < 1.29 is 19.4 Å². The Morgan fingerprint density at radius 2 is 1.90 bits per heavy atom. The van der Waals surface area contributed by atoms with E-state index in [1.807, 2.05) is 31.2 Å². The van der Waals surface area contributed by atoms with Crippen LogP contribution in [0.1, 0.15) is 19.8 Å². The molecule has 0 unspecified atom stereocenters. The number of carbonyl (C=O) groups excluding carboxylic acids is 1. The van der Waals surface area contributed by atoms with Crippen molar-refractivity contribution >= 4 is 23.6 Å². The molecule has 6 heteroatoms. The van der Waals surface area contributed by atoms with Crippen LogP contribution in [0.25, 0.3) is 0 Å². The molecule has 0 heterocycles. The van der Waals surface area contributed by atoms with Gasteiger partial charge in [-0.2, -0.15) is 0 Å². The van der Waals surface area contributed by atoms with Crippen LogP contribution in [0.3, 0.4) is 0 Å². The molecule has 0 bridgehead atoms. The zero-order valence-corrected chi connectivity index (χ0v) is 13.2. The van der Waals surface area contributed by atoms with E-state index in [0.29, 0.717) is 18.7 Å². The number of rotatable bonds is 9. The highest BCUT2D eigenvalue weighted by Crippen LogP contribution is 2.22. The van der Waals surface area contributed by atoms with Crippen molar-refractivity contribution in [2.75, 3.05) is 26.0 Å². The van der Waals surface area contributed by atoms with Crippen LogP contribution in [0.2, 0.25) is 0 Å². The molecule has 0 spiro atoms. The molecule has 1 aromatic carbocycles. The largest absolute Gasteiger partial charge is 0.497 e. The Morgan fingerprint density at radius 1 is 1.24 bits per heavy atom. The Bertz CT molecular complexity index is 461. The summed E-state index contributed by atoms with van der Waals surface area (Å²) < 4.78 is 5.09. The average molecular weight is 311 g/mol. The Labute approximate surface area is 129 Å². The fourth-order valence-corrected chi connectivity index (χ4v) is 2.62. The fraction of sp³-hybridized carbons (Fsp3) is 0.467. The topological polar surface area (TPSA) is 66.8 Å². The van der Waals surface area contributed by atoms with Gasteiger partial charge in [0.2, 0.25) is 5.91 Å². The van der Waals surface area contributed by atoms with E-state index in [0.717, 1.165) is 10.6 Å².